The van der Waals surface area contributed by atoms with Gasteiger partial charge in [0, 0.05) is 13.0 Å². The lowest BCUT2D eigenvalue weighted by molar-refractivity contribution is -0.182. The van der Waals surface area contributed by atoms with Crippen LogP contribution in [0.15, 0.2) is 0 Å². The number of halogens is 3. The average molecular weight is 347 g/mol. The molecule has 1 N–H and O–H groups in total. The van der Waals surface area contributed by atoms with E-state index in [1.165, 1.54) is 9.47 Å². The fourth-order valence-corrected chi connectivity index (χ4v) is 2.76. The lowest BCUT2D eigenvalue weighted by atomic mass is 9.99. The zero-order valence-electron chi connectivity index (χ0n) is 12.7. The molecule has 0 saturated carbocycles. The van der Waals surface area contributed by atoms with Crippen molar-refractivity contribution in [3.05, 3.63) is 11.6 Å². The van der Waals surface area contributed by atoms with E-state index in [-0.39, 0.29) is 44.9 Å². The van der Waals surface area contributed by atoms with Crippen molar-refractivity contribution < 1.29 is 27.5 Å². The van der Waals surface area contributed by atoms with Gasteiger partial charge in [-0.3, -0.25) is 9.69 Å². The molecule has 2 amide bonds. The van der Waals surface area contributed by atoms with Crippen molar-refractivity contribution in [2.75, 3.05) is 19.7 Å². The predicted molar refractivity (Wildman–Crippen MR) is 72.7 cm³/mol. The van der Waals surface area contributed by atoms with Gasteiger partial charge in [0.25, 0.3) is 0 Å². The van der Waals surface area contributed by atoms with Crippen LogP contribution in [0.2, 0.25) is 0 Å². The van der Waals surface area contributed by atoms with Crippen LogP contribution in [0, 0.1) is 5.92 Å². The number of aryl methyl sites for hydroxylation is 1. The van der Waals surface area contributed by atoms with Crippen LogP contribution in [0.1, 0.15) is 18.1 Å². The van der Waals surface area contributed by atoms with Gasteiger partial charge in [0.1, 0.15) is 19.0 Å². The number of carbonyl (C=O) groups excluding carboxylic acids is 2. The van der Waals surface area contributed by atoms with Crippen LogP contribution in [0.25, 0.3) is 0 Å². The second-order valence-electron chi connectivity index (χ2n) is 5.73. The Hall–Kier alpha value is -2.33. The minimum Gasteiger partial charge on any atom is -0.448 e. The van der Waals surface area contributed by atoms with Gasteiger partial charge in [0.15, 0.2) is 5.82 Å². The number of aromatic nitrogens is 3. The molecule has 8 nitrogen and oxygen atoms in total. The van der Waals surface area contributed by atoms with E-state index in [9.17, 15) is 22.8 Å². The van der Waals surface area contributed by atoms with Gasteiger partial charge in [-0.1, -0.05) is 0 Å². The largest absolute Gasteiger partial charge is 0.448 e. The molecule has 0 spiro atoms. The summed E-state index contributed by atoms with van der Waals surface area (Å²) in [4.78, 5) is 24.3. The zero-order chi connectivity index (χ0) is 17.3. The number of alkyl halides is 3. The number of fused-ring (bicyclic) bond motifs is 1. The van der Waals surface area contributed by atoms with E-state index in [0.29, 0.717) is 12.4 Å². The second-order valence-corrected chi connectivity index (χ2v) is 5.73. The first-order valence-electron chi connectivity index (χ1n) is 7.50. The molecule has 0 bridgehead atoms. The van der Waals surface area contributed by atoms with Gasteiger partial charge < -0.3 is 14.6 Å². The minimum atomic E-state index is -4.27. The van der Waals surface area contributed by atoms with E-state index in [0.717, 1.165) is 0 Å². The molecule has 1 unspecified atom stereocenters. The molecule has 11 heteroatoms. The Morgan fingerprint density at radius 2 is 2.17 bits per heavy atom. The van der Waals surface area contributed by atoms with Crippen molar-refractivity contribution in [2.45, 2.75) is 32.1 Å². The van der Waals surface area contributed by atoms with E-state index in [1.807, 2.05) is 0 Å². The maximum Gasteiger partial charge on any atom is 0.410 e. The fourth-order valence-electron chi connectivity index (χ4n) is 2.76. The Morgan fingerprint density at radius 1 is 1.38 bits per heavy atom. The summed E-state index contributed by atoms with van der Waals surface area (Å²) in [7, 11) is 0. The van der Waals surface area contributed by atoms with Crippen molar-refractivity contribution in [3.63, 3.8) is 0 Å². The molecular weight excluding hydrogens is 331 g/mol. The molecule has 1 atom stereocenters. The van der Waals surface area contributed by atoms with Gasteiger partial charge in [-0.25, -0.2) is 4.79 Å². The maximum absolute atomic E-state index is 12.9. The summed E-state index contributed by atoms with van der Waals surface area (Å²) < 4.78 is 44.8. The van der Waals surface area contributed by atoms with Crippen LogP contribution in [-0.2, 0) is 29.0 Å². The Labute approximate surface area is 135 Å². The SMILES string of the molecule is O=C(CN1CCOC1=O)NCc1nnc2n1CC(C(F)(F)F)CC2. The van der Waals surface area contributed by atoms with Gasteiger partial charge in [-0.2, -0.15) is 13.2 Å². The number of nitrogens with one attached hydrogen (secondary N) is 1. The van der Waals surface area contributed by atoms with Crippen molar-refractivity contribution in [1.82, 2.24) is 25.0 Å². The van der Waals surface area contributed by atoms with Crippen molar-refractivity contribution in [2.24, 2.45) is 5.92 Å². The van der Waals surface area contributed by atoms with Crippen LogP contribution >= 0.6 is 0 Å². The molecular formula is C13H16F3N5O3. The predicted octanol–water partition coefficient (Wildman–Crippen LogP) is 0.471. The minimum absolute atomic E-state index is 0.00887. The third-order valence-electron chi connectivity index (χ3n) is 4.11. The highest BCUT2D eigenvalue weighted by atomic mass is 19.4. The quantitative estimate of drug-likeness (QED) is 0.855. The molecule has 1 saturated heterocycles. The number of hydrogen-bond acceptors (Lipinski definition) is 5. The number of ether oxygens (including phenoxy) is 1. The summed E-state index contributed by atoms with van der Waals surface area (Å²) in [5, 5.41) is 10.3. The van der Waals surface area contributed by atoms with E-state index in [2.05, 4.69) is 15.5 Å². The number of cyclic esters (lactones) is 1. The second kappa shape index (κ2) is 6.29. The number of hydrogen-bond donors (Lipinski definition) is 1. The summed E-state index contributed by atoms with van der Waals surface area (Å²) in [6.07, 6.45) is -4.63. The smallest absolute Gasteiger partial charge is 0.410 e. The molecule has 0 aromatic carbocycles. The highest BCUT2D eigenvalue weighted by Gasteiger charge is 2.42. The molecule has 24 heavy (non-hydrogen) atoms. The van der Waals surface area contributed by atoms with E-state index in [4.69, 9.17) is 4.74 Å². The van der Waals surface area contributed by atoms with Crippen molar-refractivity contribution in [3.8, 4) is 0 Å². The standard InChI is InChI=1S/C13H16F3N5O3/c14-13(15,16)8-1-2-9-18-19-10(21(9)6-8)5-17-11(22)7-20-3-4-24-12(20)23/h8H,1-7H2,(H,17,22). The highest BCUT2D eigenvalue weighted by molar-refractivity contribution is 5.82. The number of nitrogens with zero attached hydrogens (tertiary/aromatic N) is 4. The molecule has 2 aliphatic heterocycles. The van der Waals surface area contributed by atoms with Crippen molar-refractivity contribution >= 4 is 12.0 Å². The third-order valence-corrected chi connectivity index (χ3v) is 4.11. The van der Waals surface area contributed by atoms with Crippen LogP contribution in [0.5, 0.6) is 0 Å². The summed E-state index contributed by atoms with van der Waals surface area (Å²) in [6, 6.07) is 0. The summed E-state index contributed by atoms with van der Waals surface area (Å²) in [6.45, 7) is 0.127. The Kier molecular flexibility index (Phi) is 4.33. The van der Waals surface area contributed by atoms with Crippen LogP contribution < -0.4 is 5.32 Å². The van der Waals surface area contributed by atoms with Crippen LogP contribution in [0.4, 0.5) is 18.0 Å². The molecule has 3 rings (SSSR count). The van der Waals surface area contributed by atoms with E-state index < -0.39 is 24.1 Å². The topological polar surface area (TPSA) is 89.3 Å². The highest BCUT2D eigenvalue weighted by Crippen LogP contribution is 2.34. The molecule has 2 aliphatic rings. The summed E-state index contributed by atoms with van der Waals surface area (Å²) in [5.41, 5.74) is 0. The maximum atomic E-state index is 12.9. The van der Waals surface area contributed by atoms with Gasteiger partial charge in [-0.05, 0) is 6.42 Å². The molecule has 1 aromatic rings. The monoisotopic (exact) mass is 347 g/mol. The molecule has 0 radical (unpaired) electrons. The van der Waals surface area contributed by atoms with Crippen molar-refractivity contribution in [1.29, 1.82) is 0 Å². The Morgan fingerprint density at radius 3 is 2.83 bits per heavy atom. The summed E-state index contributed by atoms with van der Waals surface area (Å²) in [5.74, 6) is -1.11. The lowest BCUT2D eigenvalue weighted by Crippen LogP contribution is -2.38. The van der Waals surface area contributed by atoms with E-state index in [1.54, 1.807) is 0 Å². The normalized spacial score (nSPS) is 20.7. The first-order chi connectivity index (χ1) is 11.3. The van der Waals surface area contributed by atoms with Gasteiger partial charge >= 0.3 is 12.3 Å². The summed E-state index contributed by atoms with van der Waals surface area (Å²) >= 11 is 0. The number of amides is 2. The van der Waals surface area contributed by atoms with Gasteiger partial charge in [0.05, 0.1) is 19.0 Å². The molecule has 1 fully saturated rings. The van der Waals surface area contributed by atoms with Gasteiger partial charge in [0.2, 0.25) is 5.91 Å². The zero-order valence-corrected chi connectivity index (χ0v) is 12.7. The lowest BCUT2D eigenvalue weighted by Gasteiger charge is -2.26. The first kappa shape index (κ1) is 16.5. The third kappa shape index (κ3) is 3.44. The van der Waals surface area contributed by atoms with Crippen LogP contribution in [0.3, 0.4) is 0 Å². The number of rotatable bonds is 4. The molecule has 0 aliphatic carbocycles. The molecule has 3 heterocycles. The van der Waals surface area contributed by atoms with E-state index >= 15 is 0 Å². The Bertz CT molecular complexity index is 645. The van der Waals surface area contributed by atoms with Crippen LogP contribution in [-0.4, -0.2) is 57.5 Å². The molecule has 1 aromatic heterocycles. The fraction of sp³-hybridized carbons (Fsp3) is 0.692. The molecule has 132 valence electrons. The first-order valence-corrected chi connectivity index (χ1v) is 7.50. The number of carbonyl (C=O) groups is 2. The average Bonchev–Trinajstić information content (AvgIpc) is 3.10. The van der Waals surface area contributed by atoms with Gasteiger partial charge in [-0.15, -0.1) is 10.2 Å². The Balaban J connectivity index is 1.58.